The molecular formula is C4H5N2O2. The molecule has 4 nitrogen and oxygen atoms in total. The van der Waals surface area contributed by atoms with Crippen molar-refractivity contribution >= 4 is 6.03 Å². The summed E-state index contributed by atoms with van der Waals surface area (Å²) in [6.45, 7) is 0. The standard InChI is InChI=1S/C4H5N2O2/c7-3-1-2-5-4(8)6-3/h1-2,7H,(H2,5,6,8). The average Bonchev–Trinajstić information content (AvgIpc) is 1.64. The summed E-state index contributed by atoms with van der Waals surface area (Å²) in [6, 6.07) is -0.412. The van der Waals surface area contributed by atoms with Gasteiger partial charge in [-0.3, -0.25) is 0 Å². The summed E-state index contributed by atoms with van der Waals surface area (Å²) >= 11 is 0. The van der Waals surface area contributed by atoms with Crippen molar-refractivity contribution in [2.45, 2.75) is 0 Å². The van der Waals surface area contributed by atoms with Crippen molar-refractivity contribution in [3.63, 3.8) is 0 Å². The Morgan fingerprint density at radius 1 is 1.62 bits per heavy atom. The van der Waals surface area contributed by atoms with Crippen molar-refractivity contribution in [3.05, 3.63) is 18.5 Å². The van der Waals surface area contributed by atoms with E-state index >= 15 is 0 Å². The zero-order chi connectivity index (χ0) is 5.98. The van der Waals surface area contributed by atoms with E-state index in [2.05, 4.69) is 10.6 Å². The smallest absolute Gasteiger partial charge is 0.321 e. The van der Waals surface area contributed by atoms with Gasteiger partial charge < -0.3 is 15.7 Å². The molecule has 0 saturated heterocycles. The lowest BCUT2D eigenvalue weighted by Gasteiger charge is -2.10. The van der Waals surface area contributed by atoms with Crippen molar-refractivity contribution in [1.82, 2.24) is 10.6 Å². The summed E-state index contributed by atoms with van der Waals surface area (Å²) in [5.74, 6) is 0. The number of urea groups is 1. The number of hydrogen-bond acceptors (Lipinski definition) is 2. The molecule has 0 aromatic carbocycles. The van der Waals surface area contributed by atoms with E-state index in [-0.39, 0.29) is 6.23 Å². The van der Waals surface area contributed by atoms with Gasteiger partial charge in [0.1, 0.15) is 0 Å². The van der Waals surface area contributed by atoms with Crippen molar-refractivity contribution in [2.75, 3.05) is 0 Å². The number of carbonyl (C=O) groups excluding carboxylic acids is 1. The number of aliphatic hydroxyl groups is 1. The first-order chi connectivity index (χ1) is 3.79. The maximum absolute atomic E-state index is 10.2. The Morgan fingerprint density at radius 3 is 2.75 bits per heavy atom. The van der Waals surface area contributed by atoms with E-state index in [9.17, 15) is 4.79 Å². The monoisotopic (exact) mass is 113 g/mol. The third-order valence-corrected chi connectivity index (χ3v) is 0.697. The molecule has 0 fully saturated rings. The molecular weight excluding hydrogens is 108 g/mol. The summed E-state index contributed by atoms with van der Waals surface area (Å²) in [4.78, 5) is 10.2. The number of hydrogen-bond donors (Lipinski definition) is 3. The Morgan fingerprint density at radius 2 is 2.38 bits per heavy atom. The summed E-state index contributed by atoms with van der Waals surface area (Å²) in [6.07, 6.45) is 2.57. The maximum Gasteiger partial charge on any atom is 0.321 e. The first-order valence-electron chi connectivity index (χ1n) is 2.09. The Hall–Kier alpha value is -1.03. The Bertz CT molecular complexity index is 132. The van der Waals surface area contributed by atoms with E-state index < -0.39 is 6.03 Å². The van der Waals surface area contributed by atoms with E-state index in [4.69, 9.17) is 5.11 Å². The van der Waals surface area contributed by atoms with Crippen molar-refractivity contribution < 1.29 is 9.90 Å². The van der Waals surface area contributed by atoms with Crippen LogP contribution in [0, 0.1) is 6.23 Å². The fourth-order valence-electron chi connectivity index (χ4n) is 0.390. The van der Waals surface area contributed by atoms with E-state index in [1.807, 2.05) is 0 Å². The lowest BCUT2D eigenvalue weighted by atomic mass is 10.5. The Labute approximate surface area is 46.2 Å². The summed E-state index contributed by atoms with van der Waals surface area (Å²) in [5.41, 5.74) is 0. The molecule has 43 valence electrons. The predicted octanol–water partition coefficient (Wildman–Crippen LogP) is -0.325. The van der Waals surface area contributed by atoms with Crippen LogP contribution in [-0.2, 0) is 0 Å². The highest BCUT2D eigenvalue weighted by molar-refractivity contribution is 5.77. The van der Waals surface area contributed by atoms with Gasteiger partial charge in [-0.2, -0.15) is 0 Å². The van der Waals surface area contributed by atoms with Gasteiger partial charge in [0, 0.05) is 6.20 Å². The van der Waals surface area contributed by atoms with Crippen LogP contribution in [-0.4, -0.2) is 11.1 Å². The fraction of sp³-hybridized carbons (Fsp3) is 0. The van der Waals surface area contributed by atoms with Gasteiger partial charge in [0.15, 0.2) is 0 Å². The number of carbonyl (C=O) groups is 1. The highest BCUT2D eigenvalue weighted by Crippen LogP contribution is 1.92. The minimum absolute atomic E-state index is 0.131. The zero-order valence-electron chi connectivity index (χ0n) is 4.01. The van der Waals surface area contributed by atoms with Gasteiger partial charge in [0.2, 0.25) is 6.23 Å². The first-order valence-corrected chi connectivity index (χ1v) is 2.09. The number of rotatable bonds is 0. The van der Waals surface area contributed by atoms with Crippen LogP contribution < -0.4 is 10.6 Å². The number of amides is 2. The van der Waals surface area contributed by atoms with E-state index in [1.54, 1.807) is 0 Å². The van der Waals surface area contributed by atoms with Gasteiger partial charge in [-0.1, -0.05) is 0 Å². The second-order valence-corrected chi connectivity index (χ2v) is 1.32. The second kappa shape index (κ2) is 1.83. The Balaban J connectivity index is 2.54. The predicted molar refractivity (Wildman–Crippen MR) is 26.0 cm³/mol. The molecule has 0 spiro atoms. The van der Waals surface area contributed by atoms with Crippen LogP contribution in [0.25, 0.3) is 0 Å². The van der Waals surface area contributed by atoms with E-state index in [1.165, 1.54) is 12.3 Å². The molecule has 1 rings (SSSR count). The topological polar surface area (TPSA) is 61.4 Å². The summed E-state index contributed by atoms with van der Waals surface area (Å²) < 4.78 is 0. The normalized spacial score (nSPS) is 19.9. The number of nitrogens with one attached hydrogen (secondary N) is 2. The first kappa shape index (κ1) is 5.11. The lowest BCUT2D eigenvalue weighted by molar-refractivity contribution is 0.226. The molecule has 4 heteroatoms. The molecule has 0 atom stereocenters. The Kier molecular flexibility index (Phi) is 1.17. The zero-order valence-corrected chi connectivity index (χ0v) is 4.01. The van der Waals surface area contributed by atoms with Gasteiger partial charge in [-0.15, -0.1) is 0 Å². The molecule has 1 radical (unpaired) electrons. The quantitative estimate of drug-likeness (QED) is 0.403. The molecule has 1 aliphatic rings. The fourth-order valence-corrected chi connectivity index (χ4v) is 0.390. The van der Waals surface area contributed by atoms with Crippen LogP contribution in [0.4, 0.5) is 4.79 Å². The van der Waals surface area contributed by atoms with Crippen LogP contribution in [0.15, 0.2) is 12.3 Å². The minimum atomic E-state index is -0.412. The second-order valence-electron chi connectivity index (χ2n) is 1.32. The minimum Gasteiger partial charge on any atom is -0.363 e. The molecule has 0 unspecified atom stereocenters. The molecule has 8 heavy (non-hydrogen) atoms. The maximum atomic E-state index is 10.2. The summed E-state index contributed by atoms with van der Waals surface area (Å²) in [5, 5.41) is 13.0. The average molecular weight is 113 g/mol. The molecule has 1 aliphatic heterocycles. The van der Waals surface area contributed by atoms with Crippen LogP contribution in [0.1, 0.15) is 0 Å². The van der Waals surface area contributed by atoms with Crippen LogP contribution in [0.3, 0.4) is 0 Å². The van der Waals surface area contributed by atoms with Crippen molar-refractivity contribution in [3.8, 4) is 0 Å². The van der Waals surface area contributed by atoms with Crippen molar-refractivity contribution in [2.24, 2.45) is 0 Å². The third-order valence-electron chi connectivity index (χ3n) is 0.697. The van der Waals surface area contributed by atoms with Gasteiger partial charge in [0.25, 0.3) is 0 Å². The lowest BCUT2D eigenvalue weighted by Crippen LogP contribution is -2.38. The van der Waals surface area contributed by atoms with Gasteiger partial charge in [-0.25, -0.2) is 4.79 Å². The molecule has 2 amide bonds. The number of aliphatic hydroxyl groups excluding tert-OH is 1. The molecule has 0 aromatic rings. The molecule has 0 aromatic heterocycles. The van der Waals surface area contributed by atoms with Gasteiger partial charge in [-0.05, 0) is 6.08 Å². The SMILES string of the molecule is O=C1NC=C[C](O)N1. The van der Waals surface area contributed by atoms with Crippen LogP contribution in [0.5, 0.6) is 0 Å². The van der Waals surface area contributed by atoms with Crippen LogP contribution in [0.2, 0.25) is 0 Å². The third kappa shape index (κ3) is 0.974. The van der Waals surface area contributed by atoms with Crippen molar-refractivity contribution in [1.29, 1.82) is 0 Å². The molecule has 0 bridgehead atoms. The van der Waals surface area contributed by atoms with Gasteiger partial charge >= 0.3 is 6.03 Å². The molecule has 3 N–H and O–H groups in total. The molecule has 0 saturated carbocycles. The van der Waals surface area contributed by atoms with E-state index in [0.717, 1.165) is 0 Å². The van der Waals surface area contributed by atoms with Crippen LogP contribution >= 0.6 is 0 Å². The van der Waals surface area contributed by atoms with E-state index in [0.29, 0.717) is 0 Å². The summed E-state index contributed by atoms with van der Waals surface area (Å²) in [7, 11) is 0. The molecule has 0 aliphatic carbocycles. The highest BCUT2D eigenvalue weighted by atomic mass is 16.3. The highest BCUT2D eigenvalue weighted by Gasteiger charge is 2.08. The molecule has 1 heterocycles. The largest absolute Gasteiger partial charge is 0.363 e. The van der Waals surface area contributed by atoms with Gasteiger partial charge in [0.05, 0.1) is 0 Å².